The maximum atomic E-state index is 10.4. The smallest absolute Gasteiger partial charge is 0.303 e. The van der Waals surface area contributed by atoms with Crippen LogP contribution in [0.3, 0.4) is 0 Å². The fraction of sp³-hybridized carbons (Fsp3) is 0.850. The van der Waals surface area contributed by atoms with Gasteiger partial charge in [0.15, 0.2) is 0 Å². The molecule has 0 saturated heterocycles. The van der Waals surface area contributed by atoms with Crippen LogP contribution in [0.1, 0.15) is 103 Å². The molecule has 3 nitrogen and oxygen atoms in total. The summed E-state index contributed by atoms with van der Waals surface area (Å²) in [4.78, 5) is 10.4. The molecule has 0 aliphatic heterocycles. The molecule has 1 atom stereocenters. The normalized spacial score (nSPS) is 11.7. The maximum Gasteiger partial charge on any atom is 0.303 e. The lowest BCUT2D eigenvalue weighted by Crippen LogP contribution is -2.01. The summed E-state index contributed by atoms with van der Waals surface area (Å²) < 4.78 is 0. The van der Waals surface area contributed by atoms with Gasteiger partial charge in [-0.05, 0) is 19.3 Å². The quantitative estimate of drug-likeness (QED) is 0.317. The minimum Gasteiger partial charge on any atom is -0.481 e. The molecule has 0 aromatic heterocycles. The van der Waals surface area contributed by atoms with E-state index in [0.29, 0.717) is 6.42 Å². The number of unbranched alkanes of at least 4 members (excludes halogenated alkanes) is 11. The third-order valence-electron chi connectivity index (χ3n) is 4.04. The van der Waals surface area contributed by atoms with E-state index in [1.165, 1.54) is 44.9 Å². The highest BCUT2D eigenvalue weighted by Gasteiger charge is 1.97. The highest BCUT2D eigenvalue weighted by molar-refractivity contribution is 5.66. The number of aliphatic hydroxyl groups excluding tert-OH is 1. The lowest BCUT2D eigenvalue weighted by molar-refractivity contribution is -0.137. The van der Waals surface area contributed by atoms with E-state index in [1.54, 1.807) is 0 Å². The molecule has 134 valence electrons. The van der Waals surface area contributed by atoms with Crippen molar-refractivity contribution in [3.05, 3.63) is 0 Å². The van der Waals surface area contributed by atoms with E-state index in [9.17, 15) is 9.90 Å². The van der Waals surface area contributed by atoms with Crippen molar-refractivity contribution in [3.63, 3.8) is 0 Å². The standard InChI is InChI=1S/C20H36O3/c1-2-3-16-19(21)17-14-12-10-8-6-4-5-7-9-11-13-15-18-20(22)23/h19,21H,2-13,15-16,18H2,1H3,(H,22,23). The minimum atomic E-state index is -0.676. The molecule has 23 heavy (non-hydrogen) atoms. The molecule has 2 N–H and O–H groups in total. The third kappa shape index (κ3) is 18.9. The van der Waals surface area contributed by atoms with Crippen LogP contribution < -0.4 is 0 Å². The third-order valence-corrected chi connectivity index (χ3v) is 4.04. The van der Waals surface area contributed by atoms with Crippen LogP contribution in [-0.4, -0.2) is 22.3 Å². The van der Waals surface area contributed by atoms with Crippen molar-refractivity contribution in [1.29, 1.82) is 0 Å². The second kappa shape index (κ2) is 17.3. The van der Waals surface area contributed by atoms with Crippen molar-refractivity contribution in [3.8, 4) is 11.8 Å². The monoisotopic (exact) mass is 324 g/mol. The summed E-state index contributed by atoms with van der Waals surface area (Å²) in [5, 5.41) is 18.1. The van der Waals surface area contributed by atoms with Crippen LogP contribution in [0.5, 0.6) is 0 Å². The van der Waals surface area contributed by atoms with E-state index in [1.807, 2.05) is 0 Å². The molecule has 0 amide bonds. The van der Waals surface area contributed by atoms with Gasteiger partial charge in [0.2, 0.25) is 0 Å². The summed E-state index contributed by atoms with van der Waals surface area (Å²) in [6, 6.07) is 0. The average molecular weight is 325 g/mol. The van der Waals surface area contributed by atoms with Crippen molar-refractivity contribution in [2.24, 2.45) is 0 Å². The summed E-state index contributed by atoms with van der Waals surface area (Å²) in [6.45, 7) is 2.12. The Morgan fingerprint density at radius 1 is 0.870 bits per heavy atom. The van der Waals surface area contributed by atoms with Gasteiger partial charge in [-0.3, -0.25) is 4.79 Å². The summed E-state index contributed by atoms with van der Waals surface area (Å²) in [5.74, 6) is 5.34. The zero-order chi connectivity index (χ0) is 17.2. The molecule has 0 spiro atoms. The molecule has 0 rings (SSSR count). The van der Waals surface area contributed by atoms with Crippen molar-refractivity contribution in [2.75, 3.05) is 0 Å². The fourth-order valence-electron chi connectivity index (χ4n) is 2.56. The Hall–Kier alpha value is -1.01. The van der Waals surface area contributed by atoms with Crippen molar-refractivity contribution >= 4 is 5.97 Å². The molecular formula is C20H36O3. The summed E-state index contributed by atoms with van der Waals surface area (Å²) in [5.41, 5.74) is 0. The van der Waals surface area contributed by atoms with Gasteiger partial charge in [-0.1, -0.05) is 77.1 Å². The summed E-state index contributed by atoms with van der Waals surface area (Å²) in [7, 11) is 0. The Morgan fingerprint density at radius 2 is 1.39 bits per heavy atom. The minimum absolute atomic E-state index is 0.318. The highest BCUT2D eigenvalue weighted by atomic mass is 16.4. The zero-order valence-corrected chi connectivity index (χ0v) is 15.0. The first kappa shape index (κ1) is 22.0. The summed E-state index contributed by atoms with van der Waals surface area (Å²) in [6.07, 6.45) is 15.6. The van der Waals surface area contributed by atoms with Crippen LogP contribution in [0.4, 0.5) is 0 Å². The van der Waals surface area contributed by atoms with E-state index >= 15 is 0 Å². The van der Waals surface area contributed by atoms with Gasteiger partial charge >= 0.3 is 5.97 Å². The first-order valence-electron chi connectivity index (χ1n) is 9.55. The number of carboxylic acids is 1. The molecule has 0 saturated carbocycles. The Labute approximate surface area is 142 Å². The fourth-order valence-corrected chi connectivity index (χ4v) is 2.56. The number of aliphatic hydroxyl groups is 1. The Morgan fingerprint density at radius 3 is 1.91 bits per heavy atom. The molecular weight excluding hydrogens is 288 g/mol. The number of hydrogen-bond acceptors (Lipinski definition) is 2. The van der Waals surface area contributed by atoms with E-state index < -0.39 is 12.1 Å². The largest absolute Gasteiger partial charge is 0.481 e. The van der Waals surface area contributed by atoms with Gasteiger partial charge in [-0.2, -0.15) is 0 Å². The van der Waals surface area contributed by atoms with Crippen molar-refractivity contribution in [2.45, 2.75) is 109 Å². The van der Waals surface area contributed by atoms with Gasteiger partial charge in [-0.25, -0.2) is 0 Å². The SMILES string of the molecule is CCCCC(O)C#CCCCCCCCCCCCCC(=O)O. The van der Waals surface area contributed by atoms with Gasteiger partial charge in [0.25, 0.3) is 0 Å². The van der Waals surface area contributed by atoms with Crippen LogP contribution in [0, 0.1) is 11.8 Å². The molecule has 0 aromatic rings. The molecule has 0 bridgehead atoms. The first-order chi connectivity index (χ1) is 11.2. The number of carboxylic acid groups (broad SMARTS) is 1. The van der Waals surface area contributed by atoms with Crippen molar-refractivity contribution in [1.82, 2.24) is 0 Å². The van der Waals surface area contributed by atoms with Crippen LogP contribution in [0.2, 0.25) is 0 Å². The van der Waals surface area contributed by atoms with Gasteiger partial charge in [0, 0.05) is 12.8 Å². The van der Waals surface area contributed by atoms with E-state index in [-0.39, 0.29) is 0 Å². The van der Waals surface area contributed by atoms with Gasteiger partial charge in [0.1, 0.15) is 6.10 Å². The van der Waals surface area contributed by atoms with Crippen LogP contribution in [-0.2, 0) is 4.79 Å². The first-order valence-corrected chi connectivity index (χ1v) is 9.55. The molecule has 0 fully saturated rings. The number of hydrogen-bond donors (Lipinski definition) is 2. The second-order valence-corrected chi connectivity index (χ2v) is 6.41. The predicted octanol–water partition coefficient (Wildman–Crippen LogP) is 5.31. The van der Waals surface area contributed by atoms with Crippen LogP contribution in [0.15, 0.2) is 0 Å². The highest BCUT2D eigenvalue weighted by Crippen LogP contribution is 2.11. The van der Waals surface area contributed by atoms with Crippen LogP contribution >= 0.6 is 0 Å². The molecule has 0 heterocycles. The molecule has 0 aromatic carbocycles. The van der Waals surface area contributed by atoms with Gasteiger partial charge < -0.3 is 10.2 Å². The number of aliphatic carboxylic acids is 1. The predicted molar refractivity (Wildman–Crippen MR) is 96.3 cm³/mol. The molecule has 0 aliphatic carbocycles. The van der Waals surface area contributed by atoms with E-state index in [2.05, 4.69) is 18.8 Å². The number of rotatable bonds is 15. The Kier molecular flexibility index (Phi) is 16.6. The maximum absolute atomic E-state index is 10.4. The van der Waals surface area contributed by atoms with Crippen LogP contribution in [0.25, 0.3) is 0 Å². The Balaban J connectivity index is 3.19. The second-order valence-electron chi connectivity index (χ2n) is 6.41. The van der Waals surface area contributed by atoms with Gasteiger partial charge in [0.05, 0.1) is 0 Å². The van der Waals surface area contributed by atoms with E-state index in [0.717, 1.165) is 44.9 Å². The Bertz CT molecular complexity index is 328. The lowest BCUT2D eigenvalue weighted by Gasteiger charge is -2.02. The lowest BCUT2D eigenvalue weighted by atomic mass is 10.1. The zero-order valence-electron chi connectivity index (χ0n) is 15.0. The molecule has 3 heteroatoms. The number of carbonyl (C=O) groups is 1. The summed E-state index contributed by atoms with van der Waals surface area (Å²) >= 11 is 0. The molecule has 1 unspecified atom stereocenters. The topological polar surface area (TPSA) is 57.5 Å². The average Bonchev–Trinajstić information content (AvgIpc) is 2.52. The van der Waals surface area contributed by atoms with Gasteiger partial charge in [-0.15, -0.1) is 5.92 Å². The van der Waals surface area contributed by atoms with E-state index in [4.69, 9.17) is 5.11 Å². The molecule has 0 aliphatic rings. The van der Waals surface area contributed by atoms with Crippen molar-refractivity contribution < 1.29 is 15.0 Å². The molecule has 0 radical (unpaired) electrons.